The summed E-state index contributed by atoms with van der Waals surface area (Å²) in [5.41, 5.74) is -0.168. The predicted octanol–water partition coefficient (Wildman–Crippen LogP) is 2.12. The molecular weight excluding hydrogens is 392 g/mol. The molecule has 0 aliphatic heterocycles. The summed E-state index contributed by atoms with van der Waals surface area (Å²) in [6.45, 7) is 1.03. The van der Waals surface area contributed by atoms with Crippen LogP contribution in [0.25, 0.3) is 11.0 Å². The maximum atomic E-state index is 11.9. The van der Waals surface area contributed by atoms with E-state index in [4.69, 9.17) is 13.9 Å². The third-order valence-corrected chi connectivity index (χ3v) is 5.00. The van der Waals surface area contributed by atoms with Crippen molar-refractivity contribution in [2.45, 2.75) is 38.6 Å². The van der Waals surface area contributed by atoms with Gasteiger partial charge in [0.15, 0.2) is 13.2 Å². The molecule has 1 aromatic heterocycles. The number of benzene rings is 1. The van der Waals surface area contributed by atoms with Crippen molar-refractivity contribution in [3.63, 3.8) is 0 Å². The van der Waals surface area contributed by atoms with Crippen molar-refractivity contribution < 1.29 is 28.3 Å². The van der Waals surface area contributed by atoms with E-state index in [0.29, 0.717) is 22.6 Å². The number of imide groups is 1. The van der Waals surface area contributed by atoms with Crippen LogP contribution >= 0.6 is 0 Å². The van der Waals surface area contributed by atoms with Gasteiger partial charge in [-0.05, 0) is 37.0 Å². The lowest BCUT2D eigenvalue weighted by Gasteiger charge is -2.29. The first kappa shape index (κ1) is 21.4. The van der Waals surface area contributed by atoms with Crippen LogP contribution in [0.15, 0.2) is 39.5 Å². The molecule has 0 bridgehead atoms. The minimum absolute atomic E-state index is 0.0360. The molecule has 2 unspecified atom stereocenters. The topological polar surface area (TPSA) is 124 Å². The lowest BCUT2D eigenvalue weighted by atomic mass is 9.86. The van der Waals surface area contributed by atoms with E-state index in [-0.39, 0.29) is 6.04 Å². The van der Waals surface area contributed by atoms with Gasteiger partial charge < -0.3 is 19.2 Å². The molecule has 1 aliphatic carbocycles. The first-order chi connectivity index (χ1) is 14.4. The lowest BCUT2D eigenvalue weighted by Crippen LogP contribution is -2.48. The molecule has 2 atom stereocenters. The van der Waals surface area contributed by atoms with Gasteiger partial charge in [0.05, 0.1) is 0 Å². The minimum atomic E-state index is -0.777. The molecule has 0 spiro atoms. The third kappa shape index (κ3) is 6.07. The quantitative estimate of drug-likeness (QED) is 0.546. The first-order valence-corrected chi connectivity index (χ1v) is 9.83. The zero-order chi connectivity index (χ0) is 21.5. The fraction of sp³-hybridized carbons (Fsp3) is 0.429. The number of urea groups is 1. The largest absolute Gasteiger partial charge is 0.482 e. The summed E-state index contributed by atoms with van der Waals surface area (Å²) in [4.78, 5) is 46.8. The normalized spacial score (nSPS) is 18.4. The van der Waals surface area contributed by atoms with Crippen LogP contribution in [-0.2, 0) is 14.3 Å². The molecule has 1 saturated carbocycles. The van der Waals surface area contributed by atoms with Gasteiger partial charge in [0.25, 0.3) is 5.91 Å². The number of rotatable bonds is 6. The van der Waals surface area contributed by atoms with Crippen LogP contribution in [0.5, 0.6) is 5.75 Å². The summed E-state index contributed by atoms with van der Waals surface area (Å²) in [5.74, 6) is -0.838. The van der Waals surface area contributed by atoms with E-state index >= 15 is 0 Å². The molecule has 160 valence electrons. The van der Waals surface area contributed by atoms with Gasteiger partial charge in [0, 0.05) is 23.6 Å². The number of hydrogen-bond acceptors (Lipinski definition) is 7. The van der Waals surface area contributed by atoms with Crippen LogP contribution < -0.4 is 21.0 Å². The Morgan fingerprint density at radius 3 is 2.67 bits per heavy atom. The van der Waals surface area contributed by atoms with Crippen molar-refractivity contribution in [3.05, 3.63) is 40.8 Å². The maximum Gasteiger partial charge on any atom is 0.344 e. The second-order valence-corrected chi connectivity index (χ2v) is 7.29. The van der Waals surface area contributed by atoms with E-state index in [9.17, 15) is 19.2 Å². The molecular formula is C21H24N2O7. The molecule has 1 aliphatic rings. The standard InChI is InChI=1S/C21H24N2O7/c1-13-4-2-3-5-16(13)22-21(27)23-18(24)11-29-20(26)12-28-15-8-6-14-7-9-19(25)30-17(14)10-15/h6-10,13,16H,2-5,11-12H2,1H3,(H2,22,23,24,27). The van der Waals surface area contributed by atoms with E-state index in [1.54, 1.807) is 18.2 Å². The number of nitrogens with one attached hydrogen (secondary N) is 2. The van der Waals surface area contributed by atoms with Gasteiger partial charge >= 0.3 is 17.6 Å². The summed E-state index contributed by atoms with van der Waals surface area (Å²) in [7, 11) is 0. The molecule has 9 nitrogen and oxygen atoms in total. The van der Waals surface area contributed by atoms with Gasteiger partial charge in [-0.15, -0.1) is 0 Å². The molecule has 1 heterocycles. The number of fused-ring (bicyclic) bond motifs is 1. The summed E-state index contributed by atoms with van der Waals surface area (Å²) in [5, 5.41) is 5.65. The highest BCUT2D eigenvalue weighted by Crippen LogP contribution is 2.23. The monoisotopic (exact) mass is 416 g/mol. The van der Waals surface area contributed by atoms with Crippen molar-refractivity contribution in [3.8, 4) is 5.75 Å². The van der Waals surface area contributed by atoms with Crippen LogP contribution in [0.3, 0.4) is 0 Å². The summed E-state index contributed by atoms with van der Waals surface area (Å²) < 4.78 is 15.2. The number of hydrogen-bond donors (Lipinski definition) is 2. The maximum absolute atomic E-state index is 11.9. The van der Waals surface area contributed by atoms with E-state index in [0.717, 1.165) is 25.7 Å². The third-order valence-electron chi connectivity index (χ3n) is 5.00. The molecule has 9 heteroatoms. The Bertz CT molecular complexity index is 985. The highest BCUT2D eigenvalue weighted by atomic mass is 16.6. The van der Waals surface area contributed by atoms with Gasteiger partial charge in [0.1, 0.15) is 11.3 Å². The number of ether oxygens (including phenoxy) is 2. The molecule has 1 fully saturated rings. The van der Waals surface area contributed by atoms with Crippen LogP contribution in [0.1, 0.15) is 32.6 Å². The highest BCUT2D eigenvalue weighted by molar-refractivity contribution is 5.95. The van der Waals surface area contributed by atoms with Crippen molar-refractivity contribution in [2.75, 3.05) is 13.2 Å². The predicted molar refractivity (Wildman–Crippen MR) is 107 cm³/mol. The van der Waals surface area contributed by atoms with Gasteiger partial charge in [-0.2, -0.15) is 0 Å². The van der Waals surface area contributed by atoms with Crippen molar-refractivity contribution in [2.24, 2.45) is 5.92 Å². The Balaban J connectivity index is 1.39. The molecule has 2 aromatic rings. The van der Waals surface area contributed by atoms with Crippen molar-refractivity contribution >= 4 is 28.9 Å². The zero-order valence-corrected chi connectivity index (χ0v) is 16.6. The molecule has 3 amide bonds. The van der Waals surface area contributed by atoms with Gasteiger partial charge in [-0.25, -0.2) is 14.4 Å². The molecule has 0 saturated heterocycles. The lowest BCUT2D eigenvalue weighted by molar-refractivity contribution is -0.150. The zero-order valence-electron chi connectivity index (χ0n) is 16.6. The van der Waals surface area contributed by atoms with Gasteiger partial charge in [-0.1, -0.05) is 19.8 Å². The Kier molecular flexibility index (Phi) is 7.05. The summed E-state index contributed by atoms with van der Waals surface area (Å²) >= 11 is 0. The molecule has 1 aromatic carbocycles. The fourth-order valence-electron chi connectivity index (χ4n) is 3.36. The van der Waals surface area contributed by atoms with E-state index in [1.807, 2.05) is 0 Å². The van der Waals surface area contributed by atoms with E-state index in [1.165, 1.54) is 12.1 Å². The minimum Gasteiger partial charge on any atom is -0.482 e. The fourth-order valence-corrected chi connectivity index (χ4v) is 3.36. The molecule has 2 N–H and O–H groups in total. The second kappa shape index (κ2) is 9.91. The number of carbonyl (C=O) groups excluding carboxylic acids is 3. The SMILES string of the molecule is CC1CCCCC1NC(=O)NC(=O)COC(=O)COc1ccc2ccc(=O)oc2c1. The summed E-state index contributed by atoms with van der Waals surface area (Å²) in [6.07, 6.45) is 4.11. The van der Waals surface area contributed by atoms with Crippen LogP contribution in [0.2, 0.25) is 0 Å². The van der Waals surface area contributed by atoms with Crippen molar-refractivity contribution in [1.29, 1.82) is 0 Å². The summed E-state index contributed by atoms with van der Waals surface area (Å²) in [6, 6.07) is 7.13. The van der Waals surface area contributed by atoms with Crippen molar-refractivity contribution in [1.82, 2.24) is 10.6 Å². The van der Waals surface area contributed by atoms with Crippen LogP contribution in [0.4, 0.5) is 4.79 Å². The number of amides is 3. The smallest absolute Gasteiger partial charge is 0.344 e. The highest BCUT2D eigenvalue weighted by Gasteiger charge is 2.23. The first-order valence-electron chi connectivity index (χ1n) is 9.83. The Labute approximate surface area is 172 Å². The Morgan fingerprint density at radius 1 is 1.10 bits per heavy atom. The second-order valence-electron chi connectivity index (χ2n) is 7.29. The Hall–Kier alpha value is -3.36. The molecule has 0 radical (unpaired) electrons. The van der Waals surface area contributed by atoms with Gasteiger partial charge in [-0.3, -0.25) is 10.1 Å². The van der Waals surface area contributed by atoms with Crippen LogP contribution in [0, 0.1) is 5.92 Å². The van der Waals surface area contributed by atoms with Gasteiger partial charge in [0.2, 0.25) is 0 Å². The average Bonchev–Trinajstić information content (AvgIpc) is 2.72. The van der Waals surface area contributed by atoms with E-state index < -0.39 is 36.7 Å². The van der Waals surface area contributed by atoms with E-state index in [2.05, 4.69) is 17.6 Å². The average molecular weight is 416 g/mol. The molecule has 30 heavy (non-hydrogen) atoms. The van der Waals surface area contributed by atoms with Crippen LogP contribution in [-0.4, -0.2) is 37.2 Å². The molecule has 3 rings (SSSR count). The number of carbonyl (C=O) groups is 3. The Morgan fingerprint density at radius 2 is 1.87 bits per heavy atom. The number of esters is 1.